The second kappa shape index (κ2) is 17.3. The first-order valence-electron chi connectivity index (χ1n) is 25.5. The normalized spacial score (nSPS) is 12.2. The Morgan fingerprint density at radius 3 is 1.54 bits per heavy atom. The molecule has 7 heteroatoms. The lowest BCUT2D eigenvalue weighted by Crippen LogP contribution is -2.13. The SMILES string of the molecule is C=Cc1oc2c(N(c3ccc4ccc5c(N(c6cccc(C)c6Oc6ccccc6)c6cccc7c6oc6c(C(C)C#N)cccc67)ccc6ccc3c4c65)c3cccc4c3oc3c(C)cccc34)cccc2c1C=C. The molecule has 1 unspecified atom stereocenters. The van der Waals surface area contributed by atoms with E-state index in [1.165, 1.54) is 0 Å². The molecule has 11 aromatic carbocycles. The Balaban J connectivity index is 1.06. The molecule has 1 atom stereocenters. The number of nitriles is 1. The highest BCUT2D eigenvalue weighted by Gasteiger charge is 2.29. The number of anilines is 6. The van der Waals surface area contributed by atoms with Gasteiger partial charge in [0.1, 0.15) is 22.7 Å². The van der Waals surface area contributed by atoms with Crippen LogP contribution < -0.4 is 14.5 Å². The summed E-state index contributed by atoms with van der Waals surface area (Å²) in [4.78, 5) is 4.59. The lowest BCUT2D eigenvalue weighted by molar-refractivity contribution is 0.480. The number of fused-ring (bicyclic) bond motifs is 7. The fourth-order valence-electron chi connectivity index (χ4n) is 11.7. The average molecular weight is 982 g/mol. The number of benzene rings is 11. The van der Waals surface area contributed by atoms with Gasteiger partial charge in [-0.25, -0.2) is 0 Å². The summed E-state index contributed by atoms with van der Waals surface area (Å²) in [5.41, 5.74) is 12.8. The predicted molar refractivity (Wildman–Crippen MR) is 314 cm³/mol. The molecule has 14 aromatic rings. The summed E-state index contributed by atoms with van der Waals surface area (Å²) < 4.78 is 27.7. The molecule has 0 aliphatic rings. The Morgan fingerprint density at radius 1 is 0.447 bits per heavy atom. The van der Waals surface area contributed by atoms with Gasteiger partial charge in [-0.2, -0.15) is 5.26 Å². The molecule has 0 saturated heterocycles. The Morgan fingerprint density at radius 2 is 0.934 bits per heavy atom. The minimum atomic E-state index is -0.373. The number of rotatable bonds is 11. The van der Waals surface area contributed by atoms with E-state index in [2.05, 4.69) is 188 Å². The number of aryl methyl sites for hydroxylation is 2. The fraction of sp³-hybridized carbons (Fsp3) is 0.0580. The number of hydrogen-bond acceptors (Lipinski definition) is 7. The van der Waals surface area contributed by atoms with Crippen molar-refractivity contribution in [1.82, 2.24) is 0 Å². The van der Waals surface area contributed by atoms with Gasteiger partial charge in [0, 0.05) is 48.8 Å². The average Bonchev–Trinajstić information content (AvgIpc) is 4.22. The van der Waals surface area contributed by atoms with Crippen molar-refractivity contribution in [1.29, 1.82) is 5.26 Å². The molecule has 0 aliphatic carbocycles. The van der Waals surface area contributed by atoms with Crippen LogP contribution in [0, 0.1) is 25.2 Å². The molecule has 0 N–H and O–H groups in total. The maximum atomic E-state index is 10.1. The molecule has 0 amide bonds. The molecule has 0 spiro atoms. The van der Waals surface area contributed by atoms with E-state index in [1.54, 1.807) is 6.08 Å². The van der Waals surface area contributed by atoms with E-state index in [4.69, 9.17) is 18.0 Å². The van der Waals surface area contributed by atoms with E-state index in [0.29, 0.717) is 28.3 Å². The molecule has 0 saturated carbocycles. The summed E-state index contributed by atoms with van der Waals surface area (Å²) in [7, 11) is 0. The van der Waals surface area contributed by atoms with Gasteiger partial charge in [0.15, 0.2) is 22.5 Å². The quantitative estimate of drug-likeness (QED) is 0.119. The molecule has 0 aliphatic heterocycles. The van der Waals surface area contributed by atoms with Crippen LogP contribution in [0.1, 0.15) is 40.9 Å². The van der Waals surface area contributed by atoms with Crippen molar-refractivity contribution in [3.05, 3.63) is 229 Å². The third kappa shape index (κ3) is 6.60. The van der Waals surface area contributed by atoms with Crippen molar-refractivity contribution >= 4 is 133 Å². The van der Waals surface area contributed by atoms with E-state index < -0.39 is 0 Å². The van der Waals surface area contributed by atoms with Crippen molar-refractivity contribution in [3.63, 3.8) is 0 Å². The molecule has 0 radical (unpaired) electrons. The standard InChI is InChI=1S/C69H47N3O4/c1-6-46-48-24-14-28-58(67(48)74-61(46)7-2)72(59-29-15-25-51-49-22-11-17-40(3)64(49)75-68(51)59)56-38-34-44-31-35-53-55(37-33-43-32-36-54(56)63(44)62(43)53)71(57-27-12-18-41(4)65(57)73-45-19-9-8-10-20-45)60-30-16-26-52-50-23-13-21-47(42(5)39-70)66(50)76-69(52)60/h6-38,42H,1-2H2,3-5H3. The monoisotopic (exact) mass is 981 g/mol. The maximum Gasteiger partial charge on any atom is 0.159 e. The zero-order valence-corrected chi connectivity index (χ0v) is 42.0. The van der Waals surface area contributed by atoms with Crippen LogP contribution >= 0.6 is 0 Å². The second-order valence-corrected chi connectivity index (χ2v) is 19.6. The summed E-state index contributed by atoms with van der Waals surface area (Å²) in [5, 5.41) is 21.5. The molecule has 0 bridgehead atoms. The third-order valence-corrected chi connectivity index (χ3v) is 15.3. The van der Waals surface area contributed by atoms with E-state index in [-0.39, 0.29) is 5.92 Å². The van der Waals surface area contributed by atoms with Crippen molar-refractivity contribution in [3.8, 4) is 17.6 Å². The summed E-state index contributed by atoms with van der Waals surface area (Å²) in [6.45, 7) is 14.4. The summed E-state index contributed by atoms with van der Waals surface area (Å²) in [6.07, 6.45) is 3.59. The van der Waals surface area contributed by atoms with Crippen LogP contribution in [0.5, 0.6) is 11.5 Å². The topological polar surface area (TPSA) is 78.9 Å². The van der Waals surface area contributed by atoms with Crippen molar-refractivity contribution < 1.29 is 18.0 Å². The number of furan rings is 3. The zero-order valence-electron chi connectivity index (χ0n) is 42.0. The Hall–Kier alpha value is -10.0. The van der Waals surface area contributed by atoms with Crippen LogP contribution in [0.25, 0.3) is 99.3 Å². The van der Waals surface area contributed by atoms with E-state index in [1.807, 2.05) is 55.5 Å². The van der Waals surface area contributed by atoms with Gasteiger partial charge < -0.3 is 27.8 Å². The first kappa shape index (κ1) is 44.7. The molecule has 14 rings (SSSR count). The Kier molecular flexibility index (Phi) is 10.2. The fourth-order valence-corrected chi connectivity index (χ4v) is 11.7. The third-order valence-electron chi connectivity index (χ3n) is 15.3. The molecule has 3 aromatic heterocycles. The molecular weight excluding hydrogens is 935 g/mol. The number of nitrogens with zero attached hydrogens (tertiary/aromatic N) is 3. The predicted octanol–water partition coefficient (Wildman–Crippen LogP) is 20.4. The molecule has 362 valence electrons. The maximum absolute atomic E-state index is 10.1. The molecule has 3 heterocycles. The van der Waals surface area contributed by atoms with Gasteiger partial charge in [0.2, 0.25) is 0 Å². The van der Waals surface area contributed by atoms with Gasteiger partial charge in [0.25, 0.3) is 0 Å². The lowest BCUT2D eigenvalue weighted by atomic mass is 9.91. The van der Waals surface area contributed by atoms with Gasteiger partial charge in [-0.15, -0.1) is 0 Å². The van der Waals surface area contributed by atoms with E-state index in [0.717, 1.165) is 133 Å². The minimum absolute atomic E-state index is 0.373. The molecular formula is C69H47N3O4. The molecule has 7 nitrogen and oxygen atoms in total. The van der Waals surface area contributed by atoms with E-state index >= 15 is 0 Å². The zero-order chi connectivity index (χ0) is 51.3. The summed E-state index contributed by atoms with van der Waals surface area (Å²) in [5.74, 6) is 1.72. The molecule has 0 fully saturated rings. The van der Waals surface area contributed by atoms with Gasteiger partial charge in [-0.1, -0.05) is 159 Å². The Bertz CT molecular complexity index is 4740. The number of ether oxygens (including phenoxy) is 1. The van der Waals surface area contributed by atoms with Gasteiger partial charge in [-0.3, -0.25) is 0 Å². The van der Waals surface area contributed by atoms with E-state index in [9.17, 15) is 5.26 Å². The van der Waals surface area contributed by atoms with Crippen molar-refractivity contribution in [2.24, 2.45) is 0 Å². The van der Waals surface area contributed by atoms with Crippen LogP contribution in [0.2, 0.25) is 0 Å². The highest BCUT2D eigenvalue weighted by atomic mass is 16.5. The van der Waals surface area contributed by atoms with Crippen LogP contribution in [0.3, 0.4) is 0 Å². The summed E-state index contributed by atoms with van der Waals surface area (Å²) in [6, 6.07) is 67.9. The first-order valence-corrected chi connectivity index (χ1v) is 25.5. The van der Waals surface area contributed by atoms with Gasteiger partial charge in [-0.05, 0) is 108 Å². The summed E-state index contributed by atoms with van der Waals surface area (Å²) >= 11 is 0. The smallest absolute Gasteiger partial charge is 0.159 e. The highest BCUT2D eigenvalue weighted by Crippen LogP contribution is 2.53. The Labute approximate surface area is 437 Å². The number of hydrogen-bond donors (Lipinski definition) is 0. The van der Waals surface area contributed by atoms with Crippen LogP contribution in [-0.2, 0) is 0 Å². The van der Waals surface area contributed by atoms with Crippen molar-refractivity contribution in [2.45, 2.75) is 26.7 Å². The number of para-hydroxylation sites is 7. The lowest BCUT2D eigenvalue weighted by Gasteiger charge is -2.30. The van der Waals surface area contributed by atoms with Crippen LogP contribution in [0.4, 0.5) is 34.1 Å². The van der Waals surface area contributed by atoms with Gasteiger partial charge in [0.05, 0.1) is 46.1 Å². The minimum Gasteiger partial charge on any atom is -0.455 e. The largest absolute Gasteiger partial charge is 0.455 e. The van der Waals surface area contributed by atoms with Crippen LogP contribution in [-0.4, -0.2) is 0 Å². The van der Waals surface area contributed by atoms with Gasteiger partial charge >= 0.3 is 0 Å². The second-order valence-electron chi connectivity index (χ2n) is 19.6. The first-order chi connectivity index (χ1) is 37.3. The van der Waals surface area contributed by atoms with Crippen molar-refractivity contribution in [2.75, 3.05) is 9.80 Å². The van der Waals surface area contributed by atoms with Crippen LogP contribution in [0.15, 0.2) is 214 Å². The molecule has 76 heavy (non-hydrogen) atoms. The highest BCUT2D eigenvalue weighted by molar-refractivity contribution is 6.29.